The molecule has 152 valence electrons. The van der Waals surface area contributed by atoms with Crippen LogP contribution < -0.4 is 10.1 Å². The van der Waals surface area contributed by atoms with E-state index in [4.69, 9.17) is 16.3 Å². The zero-order valence-corrected chi connectivity index (χ0v) is 17.8. The molecule has 0 bridgehead atoms. The molecular weight excluding hydrogens is 383 g/mol. The van der Waals surface area contributed by atoms with Gasteiger partial charge >= 0.3 is 0 Å². The zero-order valence-electron chi connectivity index (χ0n) is 16.2. The van der Waals surface area contributed by atoms with E-state index in [1.807, 2.05) is 18.2 Å². The SMILES string of the molecule is COc1ccc(Cl)cc1CC1CCCN(C(=O)CCC2CCNCC2)C1.Cl. The Morgan fingerprint density at radius 1 is 1.26 bits per heavy atom. The number of nitrogens with zero attached hydrogens (tertiary/aromatic N) is 1. The summed E-state index contributed by atoms with van der Waals surface area (Å²) >= 11 is 6.16. The molecule has 4 nitrogen and oxygen atoms in total. The molecule has 1 N–H and O–H groups in total. The van der Waals surface area contributed by atoms with E-state index in [0.717, 1.165) is 74.1 Å². The van der Waals surface area contributed by atoms with Gasteiger partial charge in [-0.2, -0.15) is 0 Å². The molecular formula is C21H32Cl2N2O2. The fourth-order valence-corrected chi connectivity index (χ4v) is 4.53. The van der Waals surface area contributed by atoms with E-state index in [1.54, 1.807) is 7.11 Å². The minimum Gasteiger partial charge on any atom is -0.496 e. The number of likely N-dealkylation sites (tertiary alicyclic amines) is 1. The van der Waals surface area contributed by atoms with E-state index >= 15 is 0 Å². The fourth-order valence-electron chi connectivity index (χ4n) is 4.33. The van der Waals surface area contributed by atoms with Crippen LogP contribution in [0.3, 0.4) is 0 Å². The second-order valence-corrected chi connectivity index (χ2v) is 8.18. The maximum atomic E-state index is 12.7. The van der Waals surface area contributed by atoms with E-state index in [-0.39, 0.29) is 12.4 Å². The number of amides is 1. The molecule has 0 saturated carbocycles. The van der Waals surface area contributed by atoms with E-state index in [9.17, 15) is 4.79 Å². The topological polar surface area (TPSA) is 41.6 Å². The molecule has 1 aromatic carbocycles. The van der Waals surface area contributed by atoms with Crippen LogP contribution in [0.1, 0.15) is 44.1 Å². The van der Waals surface area contributed by atoms with Gasteiger partial charge in [-0.25, -0.2) is 0 Å². The number of nitrogens with one attached hydrogen (secondary N) is 1. The number of carbonyl (C=O) groups is 1. The first-order valence-electron chi connectivity index (χ1n) is 9.96. The van der Waals surface area contributed by atoms with Crippen molar-refractivity contribution < 1.29 is 9.53 Å². The number of hydrogen-bond donors (Lipinski definition) is 1. The lowest BCUT2D eigenvalue weighted by Crippen LogP contribution is -2.40. The van der Waals surface area contributed by atoms with Gasteiger partial charge in [0.1, 0.15) is 5.75 Å². The zero-order chi connectivity index (χ0) is 18.4. The van der Waals surface area contributed by atoms with Gasteiger partial charge in [0, 0.05) is 24.5 Å². The lowest BCUT2D eigenvalue weighted by atomic mass is 9.90. The molecule has 2 fully saturated rings. The molecule has 1 aromatic rings. The summed E-state index contributed by atoms with van der Waals surface area (Å²) in [5.41, 5.74) is 1.15. The molecule has 6 heteroatoms. The Hall–Kier alpha value is -0.970. The number of piperidine rings is 2. The van der Waals surface area contributed by atoms with E-state index in [1.165, 1.54) is 12.8 Å². The molecule has 0 spiro atoms. The highest BCUT2D eigenvalue weighted by Crippen LogP contribution is 2.29. The van der Waals surface area contributed by atoms with Crippen molar-refractivity contribution in [2.75, 3.05) is 33.3 Å². The summed E-state index contributed by atoms with van der Waals surface area (Å²) in [6.45, 7) is 3.98. The van der Waals surface area contributed by atoms with Crippen molar-refractivity contribution in [1.29, 1.82) is 0 Å². The predicted molar refractivity (Wildman–Crippen MR) is 113 cm³/mol. The van der Waals surface area contributed by atoms with Gasteiger partial charge in [0.2, 0.25) is 5.91 Å². The van der Waals surface area contributed by atoms with Crippen LogP contribution >= 0.6 is 24.0 Å². The highest BCUT2D eigenvalue weighted by Gasteiger charge is 2.25. The molecule has 3 rings (SSSR count). The number of benzene rings is 1. The van der Waals surface area contributed by atoms with Crippen LogP contribution in [0.5, 0.6) is 5.75 Å². The Balaban J connectivity index is 0.00000261. The van der Waals surface area contributed by atoms with E-state index in [0.29, 0.717) is 18.2 Å². The van der Waals surface area contributed by atoms with E-state index in [2.05, 4.69) is 10.2 Å². The molecule has 0 radical (unpaired) electrons. The predicted octanol–water partition coefficient (Wildman–Crippen LogP) is 4.33. The molecule has 2 aliphatic rings. The van der Waals surface area contributed by atoms with Crippen LogP contribution in [-0.2, 0) is 11.2 Å². The minimum atomic E-state index is 0. The first-order valence-corrected chi connectivity index (χ1v) is 10.3. The van der Waals surface area contributed by atoms with Crippen molar-refractivity contribution in [2.45, 2.75) is 44.9 Å². The van der Waals surface area contributed by atoms with Crippen molar-refractivity contribution >= 4 is 29.9 Å². The molecule has 0 aliphatic carbocycles. The second-order valence-electron chi connectivity index (χ2n) is 7.74. The molecule has 2 saturated heterocycles. The lowest BCUT2D eigenvalue weighted by molar-refractivity contribution is -0.133. The molecule has 0 aromatic heterocycles. The Bertz CT molecular complexity index is 606. The molecule has 1 unspecified atom stereocenters. The minimum absolute atomic E-state index is 0. The quantitative estimate of drug-likeness (QED) is 0.752. The maximum Gasteiger partial charge on any atom is 0.222 e. The highest BCUT2D eigenvalue weighted by atomic mass is 35.5. The highest BCUT2D eigenvalue weighted by molar-refractivity contribution is 6.30. The normalized spacial score (nSPS) is 20.8. The molecule has 1 atom stereocenters. The summed E-state index contributed by atoms with van der Waals surface area (Å²) in [5.74, 6) is 2.44. The summed E-state index contributed by atoms with van der Waals surface area (Å²) in [5, 5.41) is 4.14. The smallest absolute Gasteiger partial charge is 0.222 e. The second kappa shape index (κ2) is 11.1. The summed E-state index contributed by atoms with van der Waals surface area (Å²) in [4.78, 5) is 14.8. The average molecular weight is 415 g/mol. The van der Waals surface area contributed by atoms with Crippen LogP contribution in [0.4, 0.5) is 0 Å². The molecule has 2 heterocycles. The van der Waals surface area contributed by atoms with Crippen LogP contribution in [-0.4, -0.2) is 44.1 Å². The third-order valence-electron chi connectivity index (χ3n) is 5.85. The lowest BCUT2D eigenvalue weighted by Gasteiger charge is -2.33. The van der Waals surface area contributed by atoms with Gasteiger partial charge < -0.3 is 15.0 Å². The van der Waals surface area contributed by atoms with Crippen LogP contribution in [0.15, 0.2) is 18.2 Å². The Labute approximate surface area is 174 Å². The third-order valence-corrected chi connectivity index (χ3v) is 6.08. The van der Waals surface area contributed by atoms with Gasteiger partial charge in [-0.15, -0.1) is 12.4 Å². The summed E-state index contributed by atoms with van der Waals surface area (Å²) < 4.78 is 5.48. The molecule has 1 amide bonds. The number of hydrogen-bond acceptors (Lipinski definition) is 3. The van der Waals surface area contributed by atoms with Crippen molar-refractivity contribution in [2.24, 2.45) is 11.8 Å². The Morgan fingerprint density at radius 3 is 2.78 bits per heavy atom. The van der Waals surface area contributed by atoms with Crippen molar-refractivity contribution in [3.8, 4) is 5.75 Å². The maximum absolute atomic E-state index is 12.7. The first kappa shape index (κ1) is 22.3. The monoisotopic (exact) mass is 414 g/mol. The number of rotatable bonds is 6. The van der Waals surface area contributed by atoms with Crippen LogP contribution in [0.25, 0.3) is 0 Å². The standard InChI is InChI=1S/C21H31ClN2O2.ClH/c1-26-20-6-5-19(22)14-18(20)13-17-3-2-12-24(15-17)21(25)7-4-16-8-10-23-11-9-16;/h5-6,14,16-17,23H,2-4,7-13,15H2,1H3;1H. The van der Waals surface area contributed by atoms with E-state index < -0.39 is 0 Å². The van der Waals surface area contributed by atoms with Gasteiger partial charge in [0.15, 0.2) is 0 Å². The molecule has 27 heavy (non-hydrogen) atoms. The summed E-state index contributed by atoms with van der Waals surface area (Å²) in [7, 11) is 1.70. The van der Waals surface area contributed by atoms with Gasteiger partial charge in [0.05, 0.1) is 7.11 Å². The number of halogens is 2. The average Bonchev–Trinajstić information content (AvgIpc) is 2.67. The summed E-state index contributed by atoms with van der Waals surface area (Å²) in [6.07, 6.45) is 7.35. The van der Waals surface area contributed by atoms with Crippen molar-refractivity contribution in [3.05, 3.63) is 28.8 Å². The third kappa shape index (κ3) is 6.55. The van der Waals surface area contributed by atoms with Crippen LogP contribution in [0.2, 0.25) is 5.02 Å². The largest absolute Gasteiger partial charge is 0.496 e. The Kier molecular flexibility index (Phi) is 9.20. The van der Waals surface area contributed by atoms with Gasteiger partial charge in [-0.1, -0.05) is 11.6 Å². The van der Waals surface area contributed by atoms with Crippen LogP contribution in [0, 0.1) is 11.8 Å². The fraction of sp³-hybridized carbons (Fsp3) is 0.667. The van der Waals surface area contributed by atoms with Crippen molar-refractivity contribution in [3.63, 3.8) is 0 Å². The van der Waals surface area contributed by atoms with Crippen molar-refractivity contribution in [1.82, 2.24) is 10.2 Å². The van der Waals surface area contributed by atoms with Gasteiger partial charge in [-0.05, 0) is 87.2 Å². The summed E-state index contributed by atoms with van der Waals surface area (Å²) in [6, 6.07) is 5.79. The molecule has 2 aliphatic heterocycles. The number of methoxy groups -OCH3 is 1. The first-order chi connectivity index (χ1) is 12.7. The number of carbonyl (C=O) groups excluding carboxylic acids is 1. The van der Waals surface area contributed by atoms with Gasteiger partial charge in [-0.3, -0.25) is 4.79 Å². The van der Waals surface area contributed by atoms with Gasteiger partial charge in [0.25, 0.3) is 0 Å². The Morgan fingerprint density at radius 2 is 2.04 bits per heavy atom. The number of ether oxygens (including phenoxy) is 1.